The van der Waals surface area contributed by atoms with Crippen LogP contribution in [0.1, 0.15) is 103 Å². The van der Waals surface area contributed by atoms with Crippen molar-refractivity contribution >= 4 is 65.7 Å². The molecule has 8 aromatic carbocycles. The van der Waals surface area contributed by atoms with E-state index in [2.05, 4.69) is 183 Å². The van der Waals surface area contributed by atoms with E-state index in [0.29, 0.717) is 11.3 Å². The zero-order valence-corrected chi connectivity index (χ0v) is 37.4. The normalized spacial score (nSPS) is 20.5. The second kappa shape index (κ2) is 11.8. The van der Waals surface area contributed by atoms with Crippen LogP contribution in [0.4, 0.5) is 5.69 Å². The van der Waals surface area contributed by atoms with Crippen molar-refractivity contribution in [3.05, 3.63) is 201 Å². The molecule has 1 saturated carbocycles. The fraction of sp³-hybridized carbons (Fsp3) is 0.194. The highest BCUT2D eigenvalue weighted by Gasteiger charge is 2.50. The van der Waals surface area contributed by atoms with Crippen LogP contribution in [0.15, 0.2) is 144 Å². The van der Waals surface area contributed by atoms with Gasteiger partial charge in [0.15, 0.2) is 5.69 Å². The Morgan fingerprint density at radius 3 is 1.80 bits per heavy atom. The van der Waals surface area contributed by atoms with Gasteiger partial charge in [-0.3, -0.25) is 0 Å². The molecule has 0 atom stereocenters. The van der Waals surface area contributed by atoms with Crippen molar-refractivity contribution in [1.82, 2.24) is 4.40 Å². The lowest BCUT2D eigenvalue weighted by Gasteiger charge is -2.52. The molecule has 4 heteroatoms. The second-order valence-electron chi connectivity index (χ2n) is 21.0. The molecule has 0 aliphatic heterocycles. The minimum absolute atomic E-state index is 0.136. The molecule has 1 fully saturated rings. The number of aromatic nitrogens is 1. The maximum absolute atomic E-state index is 11.2. The standard InChI is InChI=1S/C62H43N3O/c1-59(2)42-22-14-12-20-37(42)52-53-47(28-34(33-63)55(52)59)65-48-32-46(64-5)56-51(38-21-13-15-23-43(38)62(56,35-16-8-6-9-17-35)36-18-10-7-11-19-36)50(48)41-29-40-39-30-44-45(61(4)26-24-60(44,3)25-27-61)31-49(39)66-58(40)54(53)57(41)65/h6-23,28-32H,24-27H2,1-4H3. The summed E-state index contributed by atoms with van der Waals surface area (Å²) in [7, 11) is 0. The minimum atomic E-state index is -0.748. The highest BCUT2D eigenvalue weighted by atomic mass is 16.3. The Morgan fingerprint density at radius 1 is 0.576 bits per heavy atom. The molecule has 0 radical (unpaired) electrons. The average molecular weight is 846 g/mol. The van der Waals surface area contributed by atoms with E-state index in [1.54, 1.807) is 0 Å². The van der Waals surface area contributed by atoms with Crippen molar-refractivity contribution in [3.63, 3.8) is 0 Å². The minimum Gasteiger partial charge on any atom is -0.455 e. The Kier molecular flexibility index (Phi) is 6.54. The predicted molar refractivity (Wildman–Crippen MR) is 267 cm³/mol. The van der Waals surface area contributed by atoms with E-state index < -0.39 is 10.8 Å². The SMILES string of the molecule is [C-]#[N+]c1cc2c(c3c1C(c1ccccc1)(c1ccccc1)c1ccccc1-3)c1cc3c4cc5c(cc4oc3c3c4c6c(c(C#N)cc4n2c13)C(C)(C)c1ccccc1-6)C1(C)CCC5(C)CC1. The first-order valence-electron chi connectivity index (χ1n) is 23.5. The summed E-state index contributed by atoms with van der Waals surface area (Å²) in [5, 5.41) is 17.9. The summed E-state index contributed by atoms with van der Waals surface area (Å²) in [6.45, 7) is 18.6. The molecule has 0 spiro atoms. The molecular weight excluding hydrogens is 803 g/mol. The number of nitrogens with zero attached hydrogens (tertiary/aromatic N) is 3. The number of nitriles is 1. The van der Waals surface area contributed by atoms with E-state index in [0.717, 1.165) is 99.0 Å². The zero-order chi connectivity index (χ0) is 44.2. The van der Waals surface area contributed by atoms with Gasteiger partial charge in [0, 0.05) is 37.9 Å². The molecule has 4 nitrogen and oxygen atoms in total. The van der Waals surface area contributed by atoms with E-state index in [9.17, 15) is 5.26 Å². The Morgan fingerprint density at radius 2 is 1.15 bits per heavy atom. The van der Waals surface area contributed by atoms with Crippen molar-refractivity contribution in [2.75, 3.05) is 0 Å². The first-order valence-corrected chi connectivity index (χ1v) is 23.5. The van der Waals surface area contributed by atoms with Crippen LogP contribution in [0.3, 0.4) is 0 Å². The number of furan rings is 1. The highest BCUT2D eigenvalue weighted by Crippen LogP contribution is 2.64. The Bertz CT molecular complexity index is 4080. The summed E-state index contributed by atoms with van der Waals surface area (Å²) in [6.07, 6.45) is 4.82. The molecule has 2 bridgehead atoms. The number of hydrogen-bond acceptors (Lipinski definition) is 2. The number of hydrogen-bond donors (Lipinski definition) is 0. The molecule has 11 aromatic rings. The smallest absolute Gasteiger partial charge is 0.194 e. The third-order valence-corrected chi connectivity index (χ3v) is 17.6. The van der Waals surface area contributed by atoms with Gasteiger partial charge < -0.3 is 8.82 Å². The van der Waals surface area contributed by atoms with Gasteiger partial charge in [-0.25, -0.2) is 4.85 Å². The fourth-order valence-electron chi connectivity index (χ4n) is 14.5. The number of benzene rings is 8. The van der Waals surface area contributed by atoms with Gasteiger partial charge in [0.25, 0.3) is 0 Å². The van der Waals surface area contributed by atoms with Crippen molar-refractivity contribution in [2.24, 2.45) is 0 Å². The first-order chi connectivity index (χ1) is 32.1. The average Bonchev–Trinajstić information content (AvgIpc) is 4.12. The lowest BCUT2D eigenvalue weighted by molar-refractivity contribution is 0.188. The molecule has 312 valence electrons. The van der Waals surface area contributed by atoms with Gasteiger partial charge in [0.2, 0.25) is 0 Å². The van der Waals surface area contributed by atoms with E-state index in [1.807, 2.05) is 0 Å². The summed E-state index contributed by atoms with van der Waals surface area (Å²) in [6, 6.07) is 53.5. The van der Waals surface area contributed by atoms with Crippen molar-refractivity contribution in [3.8, 4) is 28.3 Å². The molecule has 0 unspecified atom stereocenters. The van der Waals surface area contributed by atoms with Crippen LogP contribution >= 0.6 is 0 Å². The summed E-state index contributed by atoms with van der Waals surface area (Å²) in [4.78, 5) is 4.50. The van der Waals surface area contributed by atoms with Crippen LogP contribution in [0.2, 0.25) is 0 Å². The molecule has 0 N–H and O–H groups in total. The number of rotatable bonds is 2. The van der Waals surface area contributed by atoms with Crippen LogP contribution in [0.5, 0.6) is 0 Å². The molecule has 66 heavy (non-hydrogen) atoms. The lowest BCUT2D eigenvalue weighted by atomic mass is 9.52. The van der Waals surface area contributed by atoms with Gasteiger partial charge in [-0.15, -0.1) is 0 Å². The van der Waals surface area contributed by atoms with Crippen molar-refractivity contribution in [2.45, 2.75) is 75.0 Å². The molecule has 3 aromatic heterocycles. The van der Waals surface area contributed by atoms with Crippen molar-refractivity contribution < 1.29 is 4.42 Å². The van der Waals surface area contributed by atoms with Gasteiger partial charge in [0.05, 0.1) is 40.0 Å². The van der Waals surface area contributed by atoms with Gasteiger partial charge in [0.1, 0.15) is 11.2 Å². The van der Waals surface area contributed by atoms with Crippen LogP contribution in [-0.4, -0.2) is 4.40 Å². The summed E-state index contributed by atoms with van der Waals surface area (Å²) >= 11 is 0. The maximum atomic E-state index is 11.2. The van der Waals surface area contributed by atoms with Gasteiger partial charge in [-0.05, 0) is 134 Å². The third kappa shape index (κ3) is 3.98. The summed E-state index contributed by atoms with van der Waals surface area (Å²) < 4.78 is 9.79. The molecule has 16 rings (SSSR count). The topological polar surface area (TPSA) is 45.7 Å². The Balaban J connectivity index is 1.21. The van der Waals surface area contributed by atoms with E-state index in [1.165, 1.54) is 53.5 Å². The highest BCUT2D eigenvalue weighted by molar-refractivity contribution is 6.37. The monoisotopic (exact) mass is 845 g/mol. The maximum Gasteiger partial charge on any atom is 0.194 e. The summed E-state index contributed by atoms with van der Waals surface area (Å²) in [5.74, 6) is 0. The molecule has 0 saturated heterocycles. The third-order valence-electron chi connectivity index (χ3n) is 17.6. The van der Waals surface area contributed by atoms with E-state index in [4.69, 9.17) is 11.0 Å². The molecule has 5 aliphatic rings. The van der Waals surface area contributed by atoms with Crippen LogP contribution in [0.25, 0.3) is 87.1 Å². The van der Waals surface area contributed by atoms with Crippen LogP contribution in [-0.2, 0) is 21.7 Å². The van der Waals surface area contributed by atoms with Crippen LogP contribution in [0, 0.1) is 17.9 Å². The van der Waals surface area contributed by atoms with E-state index >= 15 is 0 Å². The number of fused-ring (bicyclic) bond motifs is 20. The largest absolute Gasteiger partial charge is 0.455 e. The van der Waals surface area contributed by atoms with Crippen LogP contribution < -0.4 is 0 Å². The van der Waals surface area contributed by atoms with E-state index in [-0.39, 0.29) is 10.8 Å². The lowest BCUT2D eigenvalue weighted by Crippen LogP contribution is -2.44. The van der Waals surface area contributed by atoms with Gasteiger partial charge in [-0.2, -0.15) is 5.26 Å². The van der Waals surface area contributed by atoms with Gasteiger partial charge in [-0.1, -0.05) is 137 Å². The molecule has 0 amide bonds. The quantitative estimate of drug-likeness (QED) is 0.163. The fourth-order valence-corrected chi connectivity index (χ4v) is 14.5. The first kappa shape index (κ1) is 36.7. The molecule has 5 aliphatic carbocycles. The molecular formula is C62H43N3O. The van der Waals surface area contributed by atoms with Crippen molar-refractivity contribution in [1.29, 1.82) is 5.26 Å². The second-order valence-corrected chi connectivity index (χ2v) is 21.0. The molecule has 3 heterocycles. The summed E-state index contributed by atoms with van der Waals surface area (Å²) in [5.41, 5.74) is 19.6. The Labute approximate surface area is 382 Å². The van der Waals surface area contributed by atoms with Gasteiger partial charge >= 0.3 is 0 Å². The Hall–Kier alpha value is -7.66. The zero-order valence-electron chi connectivity index (χ0n) is 37.4. The predicted octanol–water partition coefficient (Wildman–Crippen LogP) is 15.9.